The summed E-state index contributed by atoms with van der Waals surface area (Å²) in [5.41, 5.74) is 2.95. The van der Waals surface area contributed by atoms with E-state index in [1.54, 1.807) is 25.1 Å². The minimum Gasteiger partial charge on any atom is -0.493 e. The normalized spacial score (nSPS) is 24.6. The Bertz CT molecular complexity index is 2040. The van der Waals surface area contributed by atoms with Crippen LogP contribution in [-0.4, -0.2) is 103 Å². The zero-order valence-electron chi connectivity index (χ0n) is 33.4. The Labute approximate surface area is 345 Å². The van der Waals surface area contributed by atoms with Gasteiger partial charge in [0.05, 0.1) is 58.2 Å². The summed E-state index contributed by atoms with van der Waals surface area (Å²) < 4.78 is 41.5. The standard InChI is InChI=1S/C41H50N6O11S/c1-52-30-13-22(14-31(53-2)39(30)54-3)35-24-15-28-29(58-21-57-28)16-25(24)38(26-19-56-40(50)36(26)35)47-17-23(45-46-47)18-55-34(49)11-5-4-8-12-42-33(48)10-7-6-9-32-37-27(20-59-32)43-41(51)44-37/h13-17,26-27,32,35-38H,4-12,18-21H2,1-3H3,(H,42,48)(H2,43,44,51)/t26-,27-,32-,35+,36-,37-,38+/m0/s1. The van der Waals surface area contributed by atoms with Gasteiger partial charge in [0.25, 0.3) is 0 Å². The molecule has 0 radical (unpaired) electrons. The predicted octanol–water partition coefficient (Wildman–Crippen LogP) is 4.00. The van der Waals surface area contributed by atoms with Gasteiger partial charge in [0.15, 0.2) is 23.0 Å². The van der Waals surface area contributed by atoms with E-state index in [9.17, 15) is 19.2 Å². The highest BCUT2D eigenvalue weighted by Crippen LogP contribution is 2.56. The Balaban J connectivity index is 0.836. The van der Waals surface area contributed by atoms with Gasteiger partial charge in [-0.25, -0.2) is 9.48 Å². The van der Waals surface area contributed by atoms with E-state index in [4.69, 9.17) is 33.2 Å². The number of cyclic esters (lactones) is 1. The summed E-state index contributed by atoms with van der Waals surface area (Å²) in [6.45, 7) is 0.745. The van der Waals surface area contributed by atoms with Crippen molar-refractivity contribution in [1.82, 2.24) is 30.9 Å². The topological polar surface area (TPSA) is 200 Å². The van der Waals surface area contributed by atoms with Gasteiger partial charge in [0.2, 0.25) is 18.4 Å². The SMILES string of the molecule is COc1cc([C@@H]2c3cc4c(cc3[C@@H](n3cc(COC(=O)CCCCCNC(=O)CCCC[C@@H]5SC[C@@H]6NC(=O)N[C@@H]65)nn3)[C@H]3COC(=O)[C@H]23)OCO4)cc(OC)c1OC. The zero-order valence-corrected chi connectivity index (χ0v) is 34.2. The van der Waals surface area contributed by atoms with Crippen molar-refractivity contribution in [2.24, 2.45) is 11.8 Å². The molecule has 5 heterocycles. The van der Waals surface area contributed by atoms with E-state index in [1.807, 2.05) is 36.0 Å². The number of nitrogens with zero attached hydrogens (tertiary/aromatic N) is 3. The molecular formula is C41H50N6O11S. The molecule has 59 heavy (non-hydrogen) atoms. The summed E-state index contributed by atoms with van der Waals surface area (Å²) in [6, 6.07) is 7.44. The van der Waals surface area contributed by atoms with Crippen molar-refractivity contribution in [2.75, 3.05) is 47.0 Å². The summed E-state index contributed by atoms with van der Waals surface area (Å²) in [5.74, 6) is 1.44. The largest absolute Gasteiger partial charge is 0.493 e. The maximum atomic E-state index is 13.6. The lowest BCUT2D eigenvalue weighted by Crippen LogP contribution is -2.37. The van der Waals surface area contributed by atoms with Crippen LogP contribution in [0, 0.1) is 11.8 Å². The van der Waals surface area contributed by atoms with E-state index in [2.05, 4.69) is 26.3 Å². The molecule has 8 rings (SSSR count). The predicted molar refractivity (Wildman–Crippen MR) is 212 cm³/mol. The monoisotopic (exact) mass is 834 g/mol. The van der Waals surface area contributed by atoms with Crippen LogP contribution in [0.1, 0.15) is 85.7 Å². The maximum absolute atomic E-state index is 13.6. The van der Waals surface area contributed by atoms with Gasteiger partial charge in [-0.1, -0.05) is 18.1 Å². The molecule has 7 atom stereocenters. The third-order valence-corrected chi connectivity index (χ3v) is 13.4. The minimum atomic E-state index is -0.592. The quantitative estimate of drug-likeness (QED) is 0.0944. The highest BCUT2D eigenvalue weighted by Gasteiger charge is 2.54. The molecule has 1 aromatic heterocycles. The number of rotatable bonds is 18. The van der Waals surface area contributed by atoms with Crippen LogP contribution in [0.2, 0.25) is 0 Å². The number of hydrogen-bond donors (Lipinski definition) is 3. The molecule has 18 heteroatoms. The van der Waals surface area contributed by atoms with E-state index in [-0.39, 0.29) is 68.3 Å². The Kier molecular flexibility index (Phi) is 12.2. The summed E-state index contributed by atoms with van der Waals surface area (Å²) in [6.07, 6.45) is 7.37. The second kappa shape index (κ2) is 17.8. The van der Waals surface area contributed by atoms with Gasteiger partial charge in [-0.2, -0.15) is 11.8 Å². The number of ether oxygens (including phenoxy) is 7. The van der Waals surface area contributed by atoms with Gasteiger partial charge in [0.1, 0.15) is 12.3 Å². The van der Waals surface area contributed by atoms with Crippen molar-refractivity contribution in [3.05, 3.63) is 52.8 Å². The Hall–Kier alpha value is -5.39. The van der Waals surface area contributed by atoms with Crippen LogP contribution in [0.5, 0.6) is 28.7 Å². The first-order valence-electron chi connectivity index (χ1n) is 20.2. The van der Waals surface area contributed by atoms with E-state index < -0.39 is 17.9 Å². The van der Waals surface area contributed by atoms with Crippen molar-refractivity contribution in [1.29, 1.82) is 0 Å². The fraction of sp³-hybridized carbons (Fsp3) is 0.561. The lowest BCUT2D eigenvalue weighted by Gasteiger charge is -2.39. The van der Waals surface area contributed by atoms with Crippen LogP contribution >= 0.6 is 11.8 Å². The summed E-state index contributed by atoms with van der Waals surface area (Å²) in [4.78, 5) is 50.2. The second-order valence-electron chi connectivity index (χ2n) is 15.4. The Morgan fingerprint density at radius 2 is 1.68 bits per heavy atom. The molecule has 3 saturated heterocycles. The maximum Gasteiger partial charge on any atom is 0.315 e. The first kappa shape index (κ1) is 40.4. The smallest absolute Gasteiger partial charge is 0.315 e. The van der Waals surface area contributed by atoms with Crippen molar-refractivity contribution < 1.29 is 52.3 Å². The van der Waals surface area contributed by atoms with Crippen LogP contribution in [0.15, 0.2) is 30.5 Å². The number of nitrogens with one attached hydrogen (secondary N) is 3. The number of hydrogen-bond acceptors (Lipinski definition) is 14. The molecule has 2 aromatic carbocycles. The number of benzene rings is 2. The number of carbonyl (C=O) groups is 4. The number of methoxy groups -OCH3 is 3. The third kappa shape index (κ3) is 8.41. The van der Waals surface area contributed by atoms with E-state index in [0.717, 1.165) is 54.5 Å². The van der Waals surface area contributed by atoms with Gasteiger partial charge < -0.3 is 49.1 Å². The van der Waals surface area contributed by atoms with Crippen LogP contribution in [0.25, 0.3) is 0 Å². The summed E-state index contributed by atoms with van der Waals surface area (Å²) in [7, 11) is 4.64. The van der Waals surface area contributed by atoms with Gasteiger partial charge in [-0.3, -0.25) is 14.4 Å². The first-order valence-corrected chi connectivity index (χ1v) is 21.2. The molecule has 0 unspecified atom stereocenters. The van der Waals surface area contributed by atoms with Crippen LogP contribution in [0.4, 0.5) is 4.79 Å². The summed E-state index contributed by atoms with van der Waals surface area (Å²) >= 11 is 1.89. The van der Waals surface area contributed by atoms with Crippen molar-refractivity contribution >= 4 is 35.6 Å². The van der Waals surface area contributed by atoms with Crippen molar-refractivity contribution in [2.45, 2.75) is 87.3 Å². The van der Waals surface area contributed by atoms with E-state index in [1.165, 1.54) is 7.11 Å². The zero-order chi connectivity index (χ0) is 41.0. The van der Waals surface area contributed by atoms with Crippen LogP contribution in [-0.2, 0) is 30.5 Å². The van der Waals surface area contributed by atoms with Crippen LogP contribution < -0.4 is 39.6 Å². The molecule has 1 aliphatic carbocycles. The Morgan fingerprint density at radius 1 is 0.915 bits per heavy atom. The lowest BCUT2D eigenvalue weighted by atomic mass is 9.65. The summed E-state index contributed by atoms with van der Waals surface area (Å²) in [5, 5.41) is 18.1. The number of unbranched alkanes of at least 4 members (excludes halogenated alkanes) is 3. The molecule has 3 N–H and O–H groups in total. The molecule has 3 aromatic rings. The lowest BCUT2D eigenvalue weighted by molar-refractivity contribution is -0.145. The second-order valence-corrected chi connectivity index (χ2v) is 16.7. The Morgan fingerprint density at radius 3 is 2.44 bits per heavy atom. The number of thioether (sulfide) groups is 1. The van der Waals surface area contributed by atoms with Crippen LogP contribution in [0.3, 0.4) is 0 Å². The number of esters is 2. The first-order chi connectivity index (χ1) is 28.8. The highest BCUT2D eigenvalue weighted by molar-refractivity contribution is 8.00. The molecule has 3 amide bonds. The highest BCUT2D eigenvalue weighted by atomic mass is 32.2. The number of aromatic nitrogens is 3. The molecule has 17 nitrogen and oxygen atoms in total. The van der Waals surface area contributed by atoms with Crippen molar-refractivity contribution in [3.63, 3.8) is 0 Å². The average Bonchev–Trinajstić information content (AvgIpc) is 4.09. The molecule has 316 valence electrons. The molecule has 0 saturated carbocycles. The number of urea groups is 1. The van der Waals surface area contributed by atoms with Gasteiger partial charge >= 0.3 is 18.0 Å². The fourth-order valence-corrected chi connectivity index (χ4v) is 10.6. The third-order valence-electron chi connectivity index (χ3n) is 11.9. The fourth-order valence-electron chi connectivity index (χ4n) is 9.06. The van der Waals surface area contributed by atoms with Gasteiger partial charge in [0, 0.05) is 42.2 Å². The van der Waals surface area contributed by atoms with Gasteiger partial charge in [-0.05, 0) is 66.6 Å². The van der Waals surface area contributed by atoms with Gasteiger partial charge in [-0.15, -0.1) is 5.10 Å². The number of amides is 3. The van der Waals surface area contributed by atoms with E-state index in [0.29, 0.717) is 59.1 Å². The molecule has 0 spiro atoms. The van der Waals surface area contributed by atoms with E-state index >= 15 is 0 Å². The van der Waals surface area contributed by atoms with Crippen molar-refractivity contribution in [3.8, 4) is 28.7 Å². The average molecular weight is 835 g/mol. The molecule has 3 fully saturated rings. The molecule has 4 aliphatic heterocycles. The minimum absolute atomic E-state index is 0.0363. The number of fused-ring (bicyclic) bond motifs is 4. The molecule has 0 bridgehead atoms. The molecule has 5 aliphatic rings. The molecular weight excluding hydrogens is 785 g/mol. The number of carbonyl (C=O) groups excluding carboxylic acids is 4.